The number of amides is 1. The van der Waals surface area contributed by atoms with Crippen LogP contribution in [0, 0.1) is 5.92 Å². The van der Waals surface area contributed by atoms with Crippen molar-refractivity contribution in [1.82, 2.24) is 25.1 Å². The molecule has 134 valence electrons. The van der Waals surface area contributed by atoms with Gasteiger partial charge in [0, 0.05) is 11.8 Å². The Bertz CT molecular complexity index is 857. The third-order valence-corrected chi connectivity index (χ3v) is 3.59. The lowest BCUT2D eigenvalue weighted by atomic mass is 10.1. The minimum Gasteiger partial charge on any atom is -0.402 e. The number of nitrogen functional groups attached to an aromatic ring is 1. The predicted octanol–water partition coefficient (Wildman–Crippen LogP) is -0.450. The average Bonchev–Trinajstić information content (AvgIpc) is 2.88. The molecule has 0 saturated carbocycles. The van der Waals surface area contributed by atoms with Crippen molar-refractivity contribution in [2.24, 2.45) is 11.7 Å². The van der Waals surface area contributed by atoms with Gasteiger partial charge < -0.3 is 11.5 Å². The summed E-state index contributed by atoms with van der Waals surface area (Å²) in [6.07, 6.45) is 2.86. The van der Waals surface area contributed by atoms with E-state index in [9.17, 15) is 4.79 Å². The quantitative estimate of drug-likeness (QED) is 0.437. The van der Waals surface area contributed by atoms with E-state index in [0.717, 1.165) is 0 Å². The summed E-state index contributed by atoms with van der Waals surface area (Å²) in [4.78, 5) is 20.8. The Morgan fingerprint density at radius 2 is 2.00 bits per heavy atom. The molecule has 0 spiro atoms. The van der Waals surface area contributed by atoms with Crippen LogP contribution in [-0.2, 0) is 5.54 Å². The zero-order valence-corrected chi connectivity index (χ0v) is 15.2. The second-order valence-electron chi connectivity index (χ2n) is 7.10. The fraction of sp³-hybridized carbons (Fsp3) is 0.438. The maximum absolute atomic E-state index is 12.6. The summed E-state index contributed by atoms with van der Waals surface area (Å²) < 4.78 is 1.64. The highest BCUT2D eigenvalue weighted by Crippen LogP contribution is 2.26. The molecule has 0 atom stereocenters. The summed E-state index contributed by atoms with van der Waals surface area (Å²) in [5.74, 6) is -0.0771. The fourth-order valence-corrected chi connectivity index (χ4v) is 2.17. The Morgan fingerprint density at radius 3 is 2.56 bits per heavy atom. The van der Waals surface area contributed by atoms with Crippen LogP contribution in [0.3, 0.4) is 0 Å². The van der Waals surface area contributed by atoms with Crippen molar-refractivity contribution in [3.8, 4) is 0 Å². The van der Waals surface area contributed by atoms with Crippen molar-refractivity contribution in [1.29, 1.82) is 0 Å². The normalized spacial score (nSPS) is 12.6. The van der Waals surface area contributed by atoms with Crippen LogP contribution in [0.25, 0.3) is 11.0 Å². The topological polar surface area (TPSA) is 150 Å². The van der Waals surface area contributed by atoms with Gasteiger partial charge in [0.2, 0.25) is 0 Å². The highest BCUT2D eigenvalue weighted by Gasteiger charge is 2.28. The summed E-state index contributed by atoms with van der Waals surface area (Å²) >= 11 is 0. The van der Waals surface area contributed by atoms with Gasteiger partial charge in [0.25, 0.3) is 5.84 Å². The first kappa shape index (κ1) is 18.4. The van der Waals surface area contributed by atoms with Gasteiger partial charge in [-0.05, 0) is 26.7 Å². The number of allylic oxidation sites excluding steroid dienone is 1. The summed E-state index contributed by atoms with van der Waals surface area (Å²) in [6.45, 7) is 9.71. The molecule has 0 bridgehead atoms. The molecule has 7 N–H and O–H groups in total. The van der Waals surface area contributed by atoms with Crippen molar-refractivity contribution in [3.63, 3.8) is 0 Å². The highest BCUT2D eigenvalue weighted by molar-refractivity contribution is 6.14. The Labute approximate surface area is 146 Å². The lowest BCUT2D eigenvalue weighted by Crippen LogP contribution is -2.50. The number of carbonyl (C=O) groups is 1. The van der Waals surface area contributed by atoms with E-state index in [1.54, 1.807) is 4.68 Å². The minimum absolute atomic E-state index is 0.112. The molecule has 0 aliphatic rings. The van der Waals surface area contributed by atoms with E-state index in [1.165, 1.54) is 12.4 Å². The molecule has 0 unspecified atom stereocenters. The van der Waals surface area contributed by atoms with Crippen LogP contribution in [-0.4, -0.2) is 31.5 Å². The Hall–Kier alpha value is -2.97. The number of rotatable bonds is 3. The number of anilines is 1. The average molecular weight is 345 g/mol. The molecule has 0 aliphatic heterocycles. The molecule has 2 aromatic rings. The van der Waals surface area contributed by atoms with Crippen LogP contribution in [0.4, 0.5) is 5.82 Å². The third kappa shape index (κ3) is 3.76. The number of nitrogens with zero attached hydrogens (tertiary/aromatic N) is 4. The molecular weight excluding hydrogens is 320 g/mol. The van der Waals surface area contributed by atoms with Gasteiger partial charge >= 0.3 is 5.91 Å². The molecule has 0 radical (unpaired) electrons. The van der Waals surface area contributed by atoms with Crippen molar-refractivity contribution in [3.05, 3.63) is 23.8 Å². The second-order valence-corrected chi connectivity index (χ2v) is 7.10. The van der Waals surface area contributed by atoms with E-state index in [-0.39, 0.29) is 23.3 Å². The summed E-state index contributed by atoms with van der Waals surface area (Å²) in [5, 5.41) is 13.2. The van der Waals surface area contributed by atoms with E-state index < -0.39 is 11.4 Å². The molecule has 2 heterocycles. The van der Waals surface area contributed by atoms with Crippen molar-refractivity contribution in [2.75, 3.05) is 5.73 Å². The van der Waals surface area contributed by atoms with Gasteiger partial charge in [-0.1, -0.05) is 13.8 Å². The van der Waals surface area contributed by atoms with Crippen molar-refractivity contribution in [2.45, 2.75) is 40.2 Å². The first-order valence-electron chi connectivity index (χ1n) is 7.93. The third-order valence-electron chi connectivity index (χ3n) is 3.59. The Kier molecular flexibility index (Phi) is 4.78. The maximum atomic E-state index is 12.6. The Balaban J connectivity index is 2.46. The number of amidine groups is 1. The first-order valence-corrected chi connectivity index (χ1v) is 7.93. The Morgan fingerprint density at radius 1 is 1.36 bits per heavy atom. The number of carbonyl (C=O) groups excluding carboxylic acids is 1. The second kappa shape index (κ2) is 6.50. The standard InChI is InChI=1S/C16H24N8O/c1-8(2)9(17)6-10(18)22-15(25)12-11-13(19)20-7-21-14(11)24(23-12)16(3,4)5/h6-8H,17H2,1-5H3,(H2,18,22,25)(H2,19,20,21)/p+1. The zero-order valence-electron chi connectivity index (χ0n) is 15.2. The molecule has 25 heavy (non-hydrogen) atoms. The molecule has 2 rings (SSSR count). The van der Waals surface area contributed by atoms with E-state index in [1.807, 2.05) is 34.6 Å². The number of nitrogens with one attached hydrogen (secondary N) is 1. The van der Waals surface area contributed by atoms with Gasteiger partial charge in [0.15, 0.2) is 11.3 Å². The van der Waals surface area contributed by atoms with Crippen LogP contribution < -0.4 is 22.2 Å². The van der Waals surface area contributed by atoms with Gasteiger partial charge in [0.1, 0.15) is 12.1 Å². The van der Waals surface area contributed by atoms with Crippen LogP contribution >= 0.6 is 0 Å². The molecule has 0 aromatic carbocycles. The molecule has 2 aromatic heterocycles. The fourth-order valence-electron chi connectivity index (χ4n) is 2.17. The number of hydrogen-bond donors (Lipinski definition) is 4. The summed E-state index contributed by atoms with van der Waals surface area (Å²) in [7, 11) is 0. The lowest BCUT2D eigenvalue weighted by molar-refractivity contribution is -0.115. The predicted molar refractivity (Wildman–Crippen MR) is 96.2 cm³/mol. The summed E-state index contributed by atoms with van der Waals surface area (Å²) in [6, 6.07) is 0. The SMILES string of the molecule is CC(C)C(N)=CC(=[NH2+])NC(=O)c1nn(C(C)(C)C)c2ncnc(N)c12. The van der Waals surface area contributed by atoms with E-state index in [4.69, 9.17) is 16.9 Å². The number of aromatic nitrogens is 4. The minimum atomic E-state index is -0.500. The van der Waals surface area contributed by atoms with Crippen LogP contribution in [0.2, 0.25) is 0 Å². The molecule has 1 amide bonds. The number of fused-ring (bicyclic) bond motifs is 1. The van der Waals surface area contributed by atoms with Crippen LogP contribution in [0.15, 0.2) is 18.1 Å². The van der Waals surface area contributed by atoms with Crippen molar-refractivity contribution < 1.29 is 10.2 Å². The molecule has 0 saturated heterocycles. The van der Waals surface area contributed by atoms with Gasteiger partial charge in [-0.15, -0.1) is 0 Å². The molecular formula is C16H25N8O+. The highest BCUT2D eigenvalue weighted by atomic mass is 16.2. The van der Waals surface area contributed by atoms with Gasteiger partial charge in [-0.2, -0.15) is 5.10 Å². The van der Waals surface area contributed by atoms with E-state index >= 15 is 0 Å². The van der Waals surface area contributed by atoms with Gasteiger partial charge in [-0.3, -0.25) is 5.41 Å². The van der Waals surface area contributed by atoms with Crippen LogP contribution in [0.5, 0.6) is 0 Å². The molecule has 0 aliphatic carbocycles. The van der Waals surface area contributed by atoms with Crippen LogP contribution in [0.1, 0.15) is 45.1 Å². The monoisotopic (exact) mass is 345 g/mol. The van der Waals surface area contributed by atoms with E-state index in [0.29, 0.717) is 16.7 Å². The maximum Gasteiger partial charge on any atom is 0.360 e. The first-order chi connectivity index (χ1) is 11.5. The van der Waals surface area contributed by atoms with Crippen molar-refractivity contribution >= 4 is 28.6 Å². The number of nitrogens with two attached hydrogens (primary N) is 3. The molecule has 0 fully saturated rings. The molecule has 9 heteroatoms. The molecule has 9 nitrogen and oxygen atoms in total. The smallest absolute Gasteiger partial charge is 0.360 e. The van der Waals surface area contributed by atoms with Gasteiger partial charge in [0.05, 0.1) is 10.9 Å². The lowest BCUT2D eigenvalue weighted by Gasteiger charge is -2.19. The summed E-state index contributed by atoms with van der Waals surface area (Å²) in [5.41, 5.74) is 12.6. The largest absolute Gasteiger partial charge is 0.402 e. The zero-order chi connectivity index (χ0) is 18.9. The number of hydrogen-bond acceptors (Lipinski definition) is 6. The van der Waals surface area contributed by atoms with E-state index in [2.05, 4.69) is 20.4 Å². The van der Waals surface area contributed by atoms with Gasteiger partial charge in [-0.25, -0.2) is 24.8 Å².